The topological polar surface area (TPSA) is 66.9 Å². The maximum absolute atomic E-state index is 13.7. The number of aromatic nitrogens is 2. The van der Waals surface area contributed by atoms with E-state index in [0.717, 1.165) is 12.6 Å². The molecule has 7 heteroatoms. The molecule has 1 aromatic rings. The molecule has 2 bridgehead atoms. The standard InChI is InChI=1S/C13H14ClFN4O/c1-16-12(20)9-6-2-3-7(4-6)10(9)18-11-8(15)5-17-13(14)19-11/h2-3,5-7,9-10H,4H2,1H3,(H,16,20)(H,17,18,19)/t6-,7+,9+,10-/m1/s1. The van der Waals surface area contributed by atoms with Crippen LogP contribution in [-0.4, -0.2) is 29.0 Å². The van der Waals surface area contributed by atoms with Crippen molar-refractivity contribution in [3.63, 3.8) is 0 Å². The summed E-state index contributed by atoms with van der Waals surface area (Å²) in [6.07, 6.45) is 6.06. The Hall–Kier alpha value is -1.69. The van der Waals surface area contributed by atoms with Crippen LogP contribution in [0, 0.1) is 23.6 Å². The molecule has 2 N–H and O–H groups in total. The van der Waals surface area contributed by atoms with Crippen LogP contribution < -0.4 is 10.6 Å². The monoisotopic (exact) mass is 296 g/mol. The lowest BCUT2D eigenvalue weighted by molar-refractivity contribution is -0.125. The van der Waals surface area contributed by atoms with Crippen LogP contribution in [-0.2, 0) is 4.79 Å². The molecule has 4 atom stereocenters. The Bertz CT molecular complexity index is 579. The minimum absolute atomic E-state index is 0.0240. The van der Waals surface area contributed by atoms with E-state index in [-0.39, 0.29) is 40.8 Å². The van der Waals surface area contributed by atoms with Gasteiger partial charge in [0, 0.05) is 13.1 Å². The van der Waals surface area contributed by atoms with Gasteiger partial charge in [-0.1, -0.05) is 12.2 Å². The number of anilines is 1. The third-order valence-corrected chi connectivity index (χ3v) is 4.21. The quantitative estimate of drug-likeness (QED) is 0.657. The van der Waals surface area contributed by atoms with Crippen molar-refractivity contribution in [3.05, 3.63) is 29.4 Å². The number of carbonyl (C=O) groups excluding carboxylic acids is 1. The first-order valence-corrected chi connectivity index (χ1v) is 6.82. The molecule has 5 nitrogen and oxygen atoms in total. The first-order chi connectivity index (χ1) is 9.60. The Morgan fingerprint density at radius 3 is 2.95 bits per heavy atom. The molecule has 1 amide bonds. The lowest BCUT2D eigenvalue weighted by Gasteiger charge is -2.28. The minimum atomic E-state index is -0.572. The maximum Gasteiger partial charge on any atom is 0.225 e. The molecule has 1 aromatic heterocycles. The van der Waals surface area contributed by atoms with Crippen molar-refractivity contribution in [1.29, 1.82) is 0 Å². The van der Waals surface area contributed by atoms with Crippen molar-refractivity contribution in [3.8, 4) is 0 Å². The molecule has 0 saturated heterocycles. The summed E-state index contributed by atoms with van der Waals surface area (Å²) in [5.41, 5.74) is 0. The van der Waals surface area contributed by atoms with Crippen LogP contribution in [0.25, 0.3) is 0 Å². The number of hydrogen-bond donors (Lipinski definition) is 2. The number of amides is 1. The highest BCUT2D eigenvalue weighted by atomic mass is 35.5. The Balaban J connectivity index is 1.87. The summed E-state index contributed by atoms with van der Waals surface area (Å²) in [6, 6.07) is -0.176. The fourth-order valence-electron chi connectivity index (χ4n) is 3.15. The first-order valence-electron chi connectivity index (χ1n) is 6.44. The molecule has 106 valence electrons. The number of rotatable bonds is 3. The summed E-state index contributed by atoms with van der Waals surface area (Å²) < 4.78 is 13.7. The molecular formula is C13H14ClFN4O. The molecular weight excluding hydrogens is 283 g/mol. The highest BCUT2D eigenvalue weighted by Crippen LogP contribution is 2.45. The van der Waals surface area contributed by atoms with Crippen molar-refractivity contribution in [2.24, 2.45) is 17.8 Å². The van der Waals surface area contributed by atoms with E-state index in [4.69, 9.17) is 11.6 Å². The smallest absolute Gasteiger partial charge is 0.225 e. The van der Waals surface area contributed by atoms with Gasteiger partial charge < -0.3 is 10.6 Å². The second-order valence-electron chi connectivity index (χ2n) is 5.09. The van der Waals surface area contributed by atoms with Gasteiger partial charge in [-0.15, -0.1) is 0 Å². The normalized spacial score (nSPS) is 30.6. The second-order valence-corrected chi connectivity index (χ2v) is 5.43. The molecule has 0 aromatic carbocycles. The van der Waals surface area contributed by atoms with Gasteiger partial charge in [0.25, 0.3) is 0 Å². The molecule has 2 aliphatic carbocycles. The Morgan fingerprint density at radius 2 is 2.20 bits per heavy atom. The Labute approximate surface area is 120 Å². The lowest BCUT2D eigenvalue weighted by Crippen LogP contribution is -2.42. The molecule has 0 unspecified atom stereocenters. The Morgan fingerprint density at radius 1 is 1.45 bits per heavy atom. The SMILES string of the molecule is CNC(=O)[C@@H]1[C@H](Nc2nc(Cl)ncc2F)[C@H]2C=C[C@@H]1C2. The number of nitrogens with zero attached hydrogens (tertiary/aromatic N) is 2. The van der Waals surface area contributed by atoms with Crippen LogP contribution >= 0.6 is 11.6 Å². The highest BCUT2D eigenvalue weighted by Gasteiger charge is 2.48. The fraction of sp³-hybridized carbons (Fsp3) is 0.462. The fourth-order valence-corrected chi connectivity index (χ4v) is 3.28. The molecule has 1 heterocycles. The van der Waals surface area contributed by atoms with Crippen molar-refractivity contribution in [1.82, 2.24) is 15.3 Å². The van der Waals surface area contributed by atoms with E-state index in [0.29, 0.717) is 0 Å². The van der Waals surface area contributed by atoms with E-state index in [1.807, 2.05) is 0 Å². The van der Waals surface area contributed by atoms with Crippen molar-refractivity contribution >= 4 is 23.3 Å². The van der Waals surface area contributed by atoms with E-state index >= 15 is 0 Å². The van der Waals surface area contributed by atoms with Gasteiger partial charge in [0.1, 0.15) is 0 Å². The molecule has 1 saturated carbocycles. The van der Waals surface area contributed by atoms with Gasteiger partial charge in [0.2, 0.25) is 11.2 Å². The van der Waals surface area contributed by atoms with Crippen LogP contribution in [0.5, 0.6) is 0 Å². The van der Waals surface area contributed by atoms with Gasteiger partial charge in [-0.05, 0) is 29.9 Å². The number of allylic oxidation sites excluding steroid dienone is 1. The van der Waals surface area contributed by atoms with Gasteiger partial charge in [0.05, 0.1) is 12.1 Å². The van der Waals surface area contributed by atoms with Gasteiger partial charge in [-0.3, -0.25) is 4.79 Å². The average molecular weight is 297 g/mol. The van der Waals surface area contributed by atoms with E-state index in [9.17, 15) is 9.18 Å². The van der Waals surface area contributed by atoms with Crippen LogP contribution in [0.15, 0.2) is 18.3 Å². The van der Waals surface area contributed by atoms with Crippen LogP contribution in [0.3, 0.4) is 0 Å². The number of fused-ring (bicyclic) bond motifs is 2. The summed E-state index contributed by atoms with van der Waals surface area (Å²) in [6.45, 7) is 0. The van der Waals surface area contributed by atoms with Crippen LogP contribution in [0.2, 0.25) is 5.28 Å². The summed E-state index contributed by atoms with van der Waals surface area (Å²) in [5, 5.41) is 5.67. The summed E-state index contributed by atoms with van der Waals surface area (Å²) >= 11 is 5.69. The van der Waals surface area contributed by atoms with E-state index in [1.54, 1.807) is 7.05 Å². The van der Waals surface area contributed by atoms with Crippen molar-refractivity contribution < 1.29 is 9.18 Å². The van der Waals surface area contributed by atoms with E-state index < -0.39 is 5.82 Å². The van der Waals surface area contributed by atoms with Crippen LogP contribution in [0.4, 0.5) is 10.2 Å². The molecule has 0 spiro atoms. The third-order valence-electron chi connectivity index (χ3n) is 4.03. The number of carbonyl (C=O) groups is 1. The summed E-state index contributed by atoms with van der Waals surface area (Å²) in [7, 11) is 1.61. The zero-order valence-electron chi connectivity index (χ0n) is 10.8. The molecule has 1 fully saturated rings. The van der Waals surface area contributed by atoms with Gasteiger partial charge >= 0.3 is 0 Å². The first kappa shape index (κ1) is 13.3. The molecule has 20 heavy (non-hydrogen) atoms. The van der Waals surface area contributed by atoms with E-state index in [1.165, 1.54) is 0 Å². The number of nitrogens with one attached hydrogen (secondary N) is 2. The number of hydrogen-bond acceptors (Lipinski definition) is 4. The van der Waals surface area contributed by atoms with Gasteiger partial charge in [-0.25, -0.2) is 9.37 Å². The zero-order valence-corrected chi connectivity index (χ0v) is 11.6. The van der Waals surface area contributed by atoms with Crippen molar-refractivity contribution in [2.45, 2.75) is 12.5 Å². The van der Waals surface area contributed by atoms with E-state index in [2.05, 4.69) is 32.8 Å². The Kier molecular flexibility index (Phi) is 3.33. The highest BCUT2D eigenvalue weighted by molar-refractivity contribution is 6.28. The van der Waals surface area contributed by atoms with Crippen LogP contribution in [0.1, 0.15) is 6.42 Å². The average Bonchev–Trinajstić information content (AvgIpc) is 3.03. The molecule has 3 rings (SSSR count). The van der Waals surface area contributed by atoms with Gasteiger partial charge in [-0.2, -0.15) is 4.98 Å². The second kappa shape index (κ2) is 5.01. The predicted molar refractivity (Wildman–Crippen MR) is 72.7 cm³/mol. The van der Waals surface area contributed by atoms with Gasteiger partial charge in [0.15, 0.2) is 11.6 Å². The molecule has 2 aliphatic rings. The van der Waals surface area contributed by atoms with Crippen molar-refractivity contribution in [2.75, 3.05) is 12.4 Å². The number of halogens is 2. The largest absolute Gasteiger partial charge is 0.363 e. The minimum Gasteiger partial charge on any atom is -0.363 e. The predicted octanol–water partition coefficient (Wildman–Crippen LogP) is 1.62. The molecule has 0 aliphatic heterocycles. The third kappa shape index (κ3) is 2.14. The molecule has 0 radical (unpaired) electrons. The summed E-state index contributed by atoms with van der Waals surface area (Å²) in [5.74, 6) is -0.391. The maximum atomic E-state index is 13.7. The lowest BCUT2D eigenvalue weighted by atomic mass is 9.88. The zero-order chi connectivity index (χ0) is 14.3. The summed E-state index contributed by atoms with van der Waals surface area (Å²) in [4.78, 5) is 19.4.